The number of allylic oxidation sites excluding steroid dienone is 1. The van der Waals surface area contributed by atoms with Crippen molar-refractivity contribution >= 4 is 55.9 Å². The third kappa shape index (κ3) is 6.94. The zero-order valence-electron chi connectivity index (χ0n) is 21.0. The second-order valence-electron chi connectivity index (χ2n) is 8.14. The fraction of sp³-hybridized carbons (Fsp3) is 0.185. The van der Waals surface area contributed by atoms with E-state index in [1.54, 1.807) is 23.6 Å². The first-order chi connectivity index (χ1) is 18.8. The zero-order chi connectivity index (χ0) is 27.9. The Morgan fingerprint density at radius 3 is 2.59 bits per heavy atom. The van der Waals surface area contributed by atoms with Crippen LogP contribution < -0.4 is 10.1 Å². The smallest absolute Gasteiger partial charge is 0.341 e. The summed E-state index contributed by atoms with van der Waals surface area (Å²) in [7, 11) is 1.27. The predicted molar refractivity (Wildman–Crippen MR) is 154 cm³/mol. The number of anilines is 1. The molecule has 0 saturated heterocycles. The fourth-order valence-electron chi connectivity index (χ4n) is 3.67. The van der Waals surface area contributed by atoms with E-state index in [0.29, 0.717) is 39.4 Å². The molecule has 1 N–H and O–H groups in total. The SMILES string of the molecule is C=CCn1c(SCC(=O)Nc2scc(-c3ccc(F)cc3)c2C(=O)OC)nnc1C(C)Oc1ccc(Br)cc1. The van der Waals surface area contributed by atoms with Gasteiger partial charge >= 0.3 is 5.97 Å². The molecule has 1 unspecified atom stereocenters. The number of amides is 1. The fourth-order valence-corrected chi connectivity index (χ4v) is 5.66. The van der Waals surface area contributed by atoms with Gasteiger partial charge in [-0.1, -0.05) is 45.9 Å². The number of esters is 1. The number of carbonyl (C=O) groups excluding carboxylic acids is 2. The van der Waals surface area contributed by atoms with Crippen LogP contribution in [0.2, 0.25) is 0 Å². The molecule has 1 amide bonds. The molecule has 4 aromatic rings. The molecule has 4 rings (SSSR count). The van der Waals surface area contributed by atoms with Crippen LogP contribution in [0.5, 0.6) is 5.75 Å². The summed E-state index contributed by atoms with van der Waals surface area (Å²) >= 11 is 5.80. The highest BCUT2D eigenvalue weighted by Crippen LogP contribution is 2.36. The van der Waals surface area contributed by atoms with Crippen molar-refractivity contribution in [1.29, 1.82) is 0 Å². The second-order valence-corrected chi connectivity index (χ2v) is 10.9. The third-order valence-corrected chi connectivity index (χ3v) is 7.86. The first kappa shape index (κ1) is 28.5. The summed E-state index contributed by atoms with van der Waals surface area (Å²) in [6.07, 6.45) is 1.31. The standard InChI is InChI=1S/C27H24BrFN4O4S2/c1-4-13-33-24(16(2)37-20-11-7-18(28)8-12-20)31-32-27(33)39-15-22(34)30-25-23(26(35)36-3)21(14-38-25)17-5-9-19(29)10-6-17/h4-12,14,16H,1,13,15H2,2-3H3,(H,30,34). The number of aromatic nitrogens is 3. The van der Waals surface area contributed by atoms with Gasteiger partial charge in [0.1, 0.15) is 22.1 Å². The first-order valence-corrected chi connectivity index (χ1v) is 14.3. The summed E-state index contributed by atoms with van der Waals surface area (Å²) in [6.45, 7) is 6.12. The molecule has 8 nitrogen and oxygen atoms in total. The Morgan fingerprint density at radius 1 is 1.21 bits per heavy atom. The molecule has 0 spiro atoms. The number of hydrogen-bond acceptors (Lipinski definition) is 8. The summed E-state index contributed by atoms with van der Waals surface area (Å²) in [5.74, 6) is -0.0384. The third-order valence-electron chi connectivity index (χ3n) is 5.47. The summed E-state index contributed by atoms with van der Waals surface area (Å²) in [4.78, 5) is 25.4. The topological polar surface area (TPSA) is 95.3 Å². The summed E-state index contributed by atoms with van der Waals surface area (Å²) in [6, 6.07) is 13.2. The Balaban J connectivity index is 1.47. The molecule has 2 heterocycles. The van der Waals surface area contributed by atoms with Crippen LogP contribution in [0.3, 0.4) is 0 Å². The second kappa shape index (κ2) is 13.0. The molecule has 2 aromatic heterocycles. The number of thiophene rings is 1. The van der Waals surface area contributed by atoms with E-state index in [2.05, 4.69) is 38.0 Å². The number of thioether (sulfide) groups is 1. The Kier molecular flexibility index (Phi) is 9.54. The van der Waals surface area contributed by atoms with Gasteiger partial charge in [0.2, 0.25) is 5.91 Å². The molecular weight excluding hydrogens is 607 g/mol. The quantitative estimate of drug-likeness (QED) is 0.111. The molecule has 0 bridgehead atoms. The Labute approximate surface area is 241 Å². The molecule has 1 atom stereocenters. The van der Waals surface area contributed by atoms with Crippen LogP contribution in [0, 0.1) is 5.82 Å². The number of hydrogen-bond donors (Lipinski definition) is 1. The van der Waals surface area contributed by atoms with E-state index >= 15 is 0 Å². The minimum Gasteiger partial charge on any atom is -0.483 e. The Morgan fingerprint density at radius 2 is 1.92 bits per heavy atom. The van der Waals surface area contributed by atoms with Gasteiger partial charge in [-0.2, -0.15) is 0 Å². The van der Waals surface area contributed by atoms with Crippen LogP contribution >= 0.6 is 39.0 Å². The van der Waals surface area contributed by atoms with Crippen LogP contribution in [-0.2, 0) is 16.1 Å². The number of benzene rings is 2. The van der Waals surface area contributed by atoms with Crippen LogP contribution in [0.15, 0.2) is 76.2 Å². The van der Waals surface area contributed by atoms with E-state index in [4.69, 9.17) is 9.47 Å². The number of carbonyl (C=O) groups is 2. The normalized spacial score (nSPS) is 11.6. The van der Waals surface area contributed by atoms with Gasteiger partial charge in [0.15, 0.2) is 17.1 Å². The van der Waals surface area contributed by atoms with E-state index in [1.807, 2.05) is 35.8 Å². The molecule has 0 saturated carbocycles. The first-order valence-electron chi connectivity index (χ1n) is 11.6. The predicted octanol–water partition coefficient (Wildman–Crippen LogP) is 6.75. The van der Waals surface area contributed by atoms with Crippen molar-refractivity contribution < 1.29 is 23.5 Å². The molecular formula is C27H24BrFN4O4S2. The lowest BCUT2D eigenvalue weighted by Crippen LogP contribution is -2.17. The van der Waals surface area contributed by atoms with E-state index in [1.165, 1.54) is 42.3 Å². The highest BCUT2D eigenvalue weighted by Gasteiger charge is 2.24. The van der Waals surface area contributed by atoms with E-state index in [-0.39, 0.29) is 23.0 Å². The van der Waals surface area contributed by atoms with Gasteiger partial charge in [0, 0.05) is 22.0 Å². The van der Waals surface area contributed by atoms with Gasteiger partial charge in [0.05, 0.1) is 12.9 Å². The lowest BCUT2D eigenvalue weighted by Gasteiger charge is -2.15. The van der Waals surface area contributed by atoms with Crippen molar-refractivity contribution in [1.82, 2.24) is 14.8 Å². The molecule has 202 valence electrons. The lowest BCUT2D eigenvalue weighted by molar-refractivity contribution is -0.113. The molecule has 39 heavy (non-hydrogen) atoms. The van der Waals surface area contributed by atoms with E-state index in [9.17, 15) is 14.0 Å². The van der Waals surface area contributed by atoms with Crippen LogP contribution in [0.25, 0.3) is 11.1 Å². The van der Waals surface area contributed by atoms with Crippen LogP contribution in [0.4, 0.5) is 9.39 Å². The average molecular weight is 632 g/mol. The van der Waals surface area contributed by atoms with Gasteiger partial charge in [-0.15, -0.1) is 28.1 Å². The lowest BCUT2D eigenvalue weighted by atomic mass is 10.0. The minimum absolute atomic E-state index is 0.0155. The van der Waals surface area contributed by atoms with Gasteiger partial charge in [-0.05, 0) is 48.9 Å². The van der Waals surface area contributed by atoms with Crippen LogP contribution in [-0.4, -0.2) is 39.5 Å². The molecule has 0 fully saturated rings. The summed E-state index contributed by atoms with van der Waals surface area (Å²) in [5, 5.41) is 13.9. The maximum absolute atomic E-state index is 13.4. The number of nitrogens with one attached hydrogen (secondary N) is 1. The van der Waals surface area contributed by atoms with Crippen molar-refractivity contribution in [3.05, 3.63) is 88.2 Å². The largest absolute Gasteiger partial charge is 0.483 e. The van der Waals surface area contributed by atoms with Crippen molar-refractivity contribution in [2.24, 2.45) is 0 Å². The van der Waals surface area contributed by atoms with Crippen LogP contribution in [0.1, 0.15) is 29.2 Å². The zero-order valence-corrected chi connectivity index (χ0v) is 24.2. The monoisotopic (exact) mass is 630 g/mol. The Hall–Kier alpha value is -3.48. The number of rotatable bonds is 11. The molecule has 0 aliphatic rings. The van der Waals surface area contributed by atoms with Gasteiger partial charge < -0.3 is 14.8 Å². The summed E-state index contributed by atoms with van der Waals surface area (Å²) in [5.41, 5.74) is 1.39. The van der Waals surface area contributed by atoms with Crippen molar-refractivity contribution in [2.45, 2.75) is 24.7 Å². The van der Waals surface area contributed by atoms with Crippen molar-refractivity contribution in [3.63, 3.8) is 0 Å². The molecule has 0 aliphatic heterocycles. The highest BCUT2D eigenvalue weighted by atomic mass is 79.9. The minimum atomic E-state index is -0.603. The van der Waals surface area contributed by atoms with Crippen molar-refractivity contribution in [3.8, 4) is 16.9 Å². The molecule has 0 aliphatic carbocycles. The highest BCUT2D eigenvalue weighted by molar-refractivity contribution is 9.10. The van der Waals surface area contributed by atoms with Gasteiger partial charge in [-0.25, -0.2) is 9.18 Å². The van der Waals surface area contributed by atoms with E-state index < -0.39 is 12.1 Å². The van der Waals surface area contributed by atoms with E-state index in [0.717, 1.165) is 4.47 Å². The number of ether oxygens (including phenoxy) is 2. The molecule has 2 aromatic carbocycles. The number of halogens is 2. The number of methoxy groups -OCH3 is 1. The van der Waals surface area contributed by atoms with Crippen molar-refractivity contribution in [2.75, 3.05) is 18.2 Å². The summed E-state index contributed by atoms with van der Waals surface area (Å²) < 4.78 is 27.1. The van der Waals surface area contributed by atoms with Gasteiger partial charge in [0.25, 0.3) is 0 Å². The maximum Gasteiger partial charge on any atom is 0.341 e. The maximum atomic E-state index is 13.4. The molecule has 12 heteroatoms. The number of nitrogens with zero attached hydrogens (tertiary/aromatic N) is 3. The Bertz CT molecular complexity index is 1470. The average Bonchev–Trinajstić information content (AvgIpc) is 3.53. The molecule has 0 radical (unpaired) electrons. The van der Waals surface area contributed by atoms with Gasteiger partial charge in [-0.3, -0.25) is 9.36 Å².